The minimum atomic E-state index is 0. The molecule has 0 radical (unpaired) electrons. The van der Waals surface area contributed by atoms with Crippen LogP contribution in [0.25, 0.3) is 10.9 Å². The molecule has 5 aliphatic rings. The Morgan fingerprint density at radius 2 is 1.81 bits per heavy atom. The number of fused-ring (bicyclic) bond motifs is 1. The van der Waals surface area contributed by atoms with Gasteiger partial charge < -0.3 is 16.0 Å². The van der Waals surface area contributed by atoms with Gasteiger partial charge in [0.2, 0.25) is 5.91 Å². The molecule has 5 nitrogen and oxygen atoms in total. The fourth-order valence-corrected chi connectivity index (χ4v) is 7.67. The third-order valence-electron chi connectivity index (χ3n) is 8.58. The number of rotatable bonds is 4. The normalized spacial score (nSPS) is 32.9. The molecule has 2 heterocycles. The van der Waals surface area contributed by atoms with E-state index in [1.54, 1.807) is 0 Å². The van der Waals surface area contributed by atoms with E-state index in [1.165, 1.54) is 38.5 Å². The van der Waals surface area contributed by atoms with Crippen molar-refractivity contribution in [2.75, 3.05) is 23.3 Å². The summed E-state index contributed by atoms with van der Waals surface area (Å²) in [6.07, 6.45) is 9.75. The van der Waals surface area contributed by atoms with Crippen LogP contribution in [0.2, 0.25) is 0 Å². The molecule has 1 aromatic heterocycles. The van der Waals surface area contributed by atoms with E-state index in [0.717, 1.165) is 65.2 Å². The fraction of sp³-hybridized carbons (Fsp3) is 0.615. The highest BCUT2D eigenvalue weighted by Gasteiger charge is 2.51. The average Bonchev–Trinajstić information content (AvgIpc) is 3.15. The molecule has 32 heavy (non-hydrogen) atoms. The zero-order valence-electron chi connectivity index (χ0n) is 19.0. The number of nitrogens with two attached hydrogens (primary N) is 1. The average molecular weight is 455 g/mol. The summed E-state index contributed by atoms with van der Waals surface area (Å²) in [5.74, 6) is 3.79. The zero-order valence-corrected chi connectivity index (χ0v) is 19.8. The van der Waals surface area contributed by atoms with Crippen molar-refractivity contribution in [1.29, 1.82) is 0 Å². The van der Waals surface area contributed by atoms with Gasteiger partial charge in [0.15, 0.2) is 0 Å². The number of carbonyl (C=O) groups excluding carboxylic acids is 1. The summed E-state index contributed by atoms with van der Waals surface area (Å²) in [7, 11) is 0. The summed E-state index contributed by atoms with van der Waals surface area (Å²) < 4.78 is 0. The Bertz CT molecular complexity index is 1000. The van der Waals surface area contributed by atoms with Crippen LogP contribution in [-0.4, -0.2) is 30.0 Å². The zero-order chi connectivity index (χ0) is 21.2. The summed E-state index contributed by atoms with van der Waals surface area (Å²) in [5, 5.41) is 4.35. The van der Waals surface area contributed by atoms with Crippen LogP contribution in [0.4, 0.5) is 11.5 Å². The molecule has 7 rings (SSSR count). The highest BCUT2D eigenvalue weighted by molar-refractivity contribution is 6.02. The van der Waals surface area contributed by atoms with Crippen molar-refractivity contribution in [3.8, 4) is 0 Å². The van der Waals surface area contributed by atoms with Crippen LogP contribution in [0.1, 0.15) is 56.9 Å². The van der Waals surface area contributed by atoms with E-state index in [2.05, 4.69) is 41.4 Å². The Hall–Kier alpha value is -1.85. The number of benzene rings is 1. The molecular formula is C26H35ClN4O. The molecule has 0 spiro atoms. The van der Waals surface area contributed by atoms with E-state index in [4.69, 9.17) is 10.7 Å². The van der Waals surface area contributed by atoms with Crippen molar-refractivity contribution in [1.82, 2.24) is 4.98 Å². The largest absolute Gasteiger partial charge is 0.355 e. The Balaban J connectivity index is 0.00000216. The topological polar surface area (TPSA) is 71.2 Å². The minimum Gasteiger partial charge on any atom is -0.355 e. The van der Waals surface area contributed by atoms with E-state index in [-0.39, 0.29) is 29.8 Å². The first-order valence-corrected chi connectivity index (χ1v) is 12.2. The summed E-state index contributed by atoms with van der Waals surface area (Å²) in [6, 6.07) is 8.58. The number of hydrogen-bond acceptors (Lipinski definition) is 4. The molecule has 1 aromatic carbocycles. The van der Waals surface area contributed by atoms with Crippen molar-refractivity contribution in [3.05, 3.63) is 29.8 Å². The fourth-order valence-electron chi connectivity index (χ4n) is 7.67. The van der Waals surface area contributed by atoms with Crippen LogP contribution in [0, 0.1) is 30.1 Å². The lowest BCUT2D eigenvalue weighted by Gasteiger charge is -2.56. The Labute approximate surface area is 196 Å². The molecule has 172 valence electrons. The third-order valence-corrected chi connectivity index (χ3v) is 8.58. The maximum absolute atomic E-state index is 13.3. The predicted molar refractivity (Wildman–Crippen MR) is 132 cm³/mol. The molecule has 1 amide bonds. The second-order valence-electron chi connectivity index (χ2n) is 11.1. The molecule has 0 unspecified atom stereocenters. The molecule has 1 saturated heterocycles. The first kappa shape index (κ1) is 22.0. The summed E-state index contributed by atoms with van der Waals surface area (Å²) in [4.78, 5) is 20.4. The maximum Gasteiger partial charge on any atom is 0.224 e. The van der Waals surface area contributed by atoms with Crippen LogP contribution in [0.5, 0.6) is 0 Å². The second kappa shape index (κ2) is 8.18. The summed E-state index contributed by atoms with van der Waals surface area (Å²) in [5.41, 5.74) is 9.32. The molecule has 1 atom stereocenters. The predicted octanol–water partition coefficient (Wildman–Crippen LogP) is 5.05. The second-order valence-corrected chi connectivity index (χ2v) is 11.1. The highest BCUT2D eigenvalue weighted by atomic mass is 35.5. The molecule has 4 bridgehead atoms. The van der Waals surface area contributed by atoms with E-state index < -0.39 is 0 Å². The van der Waals surface area contributed by atoms with Crippen molar-refractivity contribution < 1.29 is 4.79 Å². The van der Waals surface area contributed by atoms with Gasteiger partial charge in [0.05, 0.1) is 11.2 Å². The van der Waals surface area contributed by atoms with Gasteiger partial charge in [0.1, 0.15) is 5.82 Å². The maximum atomic E-state index is 13.3. The summed E-state index contributed by atoms with van der Waals surface area (Å²) in [6.45, 7) is 3.90. The van der Waals surface area contributed by atoms with E-state index >= 15 is 0 Å². The number of pyridine rings is 1. The van der Waals surface area contributed by atoms with Gasteiger partial charge in [0.25, 0.3) is 0 Å². The number of amides is 1. The first-order chi connectivity index (χ1) is 15.0. The number of halogens is 1. The number of nitrogens with one attached hydrogen (secondary N) is 1. The van der Waals surface area contributed by atoms with Crippen LogP contribution in [-0.2, 0) is 4.79 Å². The lowest BCUT2D eigenvalue weighted by atomic mass is 9.49. The SMILES string of the molecule is Cc1ccc2nc(N3CC[C@@H](N)C3)ccc2c1NC(=O)CC12CC3CC(CC(C3)C1)C2.Cl. The molecule has 6 heteroatoms. The monoisotopic (exact) mass is 454 g/mol. The number of nitrogens with zero attached hydrogens (tertiary/aromatic N) is 2. The van der Waals surface area contributed by atoms with E-state index in [0.29, 0.717) is 6.42 Å². The number of carbonyl (C=O) groups is 1. The Morgan fingerprint density at radius 3 is 2.44 bits per heavy atom. The van der Waals surface area contributed by atoms with Crippen molar-refractivity contribution >= 4 is 40.7 Å². The lowest BCUT2D eigenvalue weighted by molar-refractivity contribution is -0.124. The quantitative estimate of drug-likeness (QED) is 0.678. The van der Waals surface area contributed by atoms with Gasteiger partial charge in [-0.25, -0.2) is 4.98 Å². The van der Waals surface area contributed by atoms with Crippen LogP contribution >= 0.6 is 12.4 Å². The van der Waals surface area contributed by atoms with Gasteiger partial charge in [-0.2, -0.15) is 0 Å². The summed E-state index contributed by atoms with van der Waals surface area (Å²) >= 11 is 0. The molecular weight excluding hydrogens is 420 g/mol. The van der Waals surface area contributed by atoms with Crippen molar-refractivity contribution in [2.45, 2.75) is 64.3 Å². The van der Waals surface area contributed by atoms with Crippen LogP contribution in [0.15, 0.2) is 24.3 Å². The molecule has 1 aliphatic heterocycles. The van der Waals surface area contributed by atoms with Gasteiger partial charge in [0, 0.05) is 30.9 Å². The standard InChI is InChI=1S/C26H34N4O.ClH/c1-16-2-4-22-21(3-5-23(28-22)30-7-6-20(27)15-30)25(16)29-24(31)14-26-11-17-8-18(12-26)10-19(9-17)13-26;/h2-5,17-20H,6-15,27H2,1H3,(H,29,31);1H/t17?,18?,19?,20-,26?;/m1./s1. The van der Waals surface area contributed by atoms with Gasteiger partial charge in [-0.1, -0.05) is 6.07 Å². The van der Waals surface area contributed by atoms with Crippen molar-refractivity contribution in [3.63, 3.8) is 0 Å². The van der Waals surface area contributed by atoms with Crippen LogP contribution < -0.4 is 16.0 Å². The van der Waals surface area contributed by atoms with Gasteiger partial charge in [-0.3, -0.25) is 4.79 Å². The first-order valence-electron chi connectivity index (χ1n) is 12.2. The molecule has 4 aliphatic carbocycles. The van der Waals surface area contributed by atoms with E-state index in [1.807, 2.05) is 0 Å². The minimum absolute atomic E-state index is 0. The van der Waals surface area contributed by atoms with Crippen LogP contribution in [0.3, 0.4) is 0 Å². The number of hydrogen-bond donors (Lipinski definition) is 2. The smallest absolute Gasteiger partial charge is 0.224 e. The highest BCUT2D eigenvalue weighted by Crippen LogP contribution is 2.61. The van der Waals surface area contributed by atoms with Gasteiger partial charge in [-0.05, 0) is 98.8 Å². The Morgan fingerprint density at radius 1 is 1.12 bits per heavy atom. The van der Waals surface area contributed by atoms with Gasteiger partial charge >= 0.3 is 0 Å². The number of anilines is 2. The van der Waals surface area contributed by atoms with Crippen molar-refractivity contribution in [2.24, 2.45) is 28.9 Å². The molecule has 3 N–H and O–H groups in total. The third kappa shape index (κ3) is 3.88. The lowest BCUT2D eigenvalue weighted by Crippen LogP contribution is -2.47. The number of aromatic nitrogens is 1. The molecule has 2 aromatic rings. The van der Waals surface area contributed by atoms with E-state index in [9.17, 15) is 4.79 Å². The molecule has 4 saturated carbocycles. The number of aryl methyl sites for hydroxylation is 1. The Kier molecular flexibility index (Phi) is 5.61. The van der Waals surface area contributed by atoms with Gasteiger partial charge in [-0.15, -0.1) is 12.4 Å². The molecule has 5 fully saturated rings.